The Kier molecular flexibility index (Phi) is 5.46. The second kappa shape index (κ2) is 6.88. The molecule has 0 saturated heterocycles. The number of carbonyl (C=O) groups is 2. The molecule has 1 aromatic heterocycles. The lowest BCUT2D eigenvalue weighted by Gasteiger charge is -2.19. The number of hydrogen-bond acceptors (Lipinski definition) is 7. The van der Waals surface area contributed by atoms with Gasteiger partial charge in [0.05, 0.1) is 0 Å². The van der Waals surface area contributed by atoms with Crippen molar-refractivity contribution in [2.75, 3.05) is 21.9 Å². The SMILES string of the molecule is CCCNc1nc(N(N)C(N)=O)nc(N(N)C(N)=O)c1Cl. The van der Waals surface area contributed by atoms with Crippen LogP contribution < -0.4 is 38.5 Å². The fourth-order valence-corrected chi connectivity index (χ4v) is 1.50. The molecular formula is C9H16ClN9O2. The smallest absolute Gasteiger partial charge is 0.336 e. The van der Waals surface area contributed by atoms with E-state index in [1.807, 2.05) is 6.92 Å². The number of aromatic nitrogens is 2. The van der Waals surface area contributed by atoms with Crippen molar-refractivity contribution >= 4 is 41.2 Å². The third kappa shape index (κ3) is 3.81. The molecule has 1 aromatic rings. The quantitative estimate of drug-likeness (QED) is 0.274. The van der Waals surface area contributed by atoms with Crippen LogP contribution in [0.1, 0.15) is 13.3 Å². The predicted octanol–water partition coefficient (Wildman–Crippen LogP) is -0.530. The zero-order valence-corrected chi connectivity index (χ0v) is 12.0. The lowest BCUT2D eigenvalue weighted by Crippen LogP contribution is -2.45. The summed E-state index contributed by atoms with van der Waals surface area (Å²) in [7, 11) is 0. The fraction of sp³-hybridized carbons (Fsp3) is 0.333. The van der Waals surface area contributed by atoms with Crippen LogP contribution in [0, 0.1) is 0 Å². The Morgan fingerprint density at radius 2 is 1.76 bits per heavy atom. The minimum absolute atomic E-state index is 0.0497. The highest BCUT2D eigenvalue weighted by Gasteiger charge is 2.22. The first-order chi connectivity index (χ1) is 9.79. The minimum atomic E-state index is -1.01. The zero-order chi connectivity index (χ0) is 16.2. The fourth-order valence-electron chi connectivity index (χ4n) is 1.25. The lowest BCUT2D eigenvalue weighted by molar-refractivity contribution is 0.253. The van der Waals surface area contributed by atoms with Crippen molar-refractivity contribution in [3.8, 4) is 0 Å². The Labute approximate surface area is 125 Å². The maximum absolute atomic E-state index is 11.1. The van der Waals surface area contributed by atoms with Gasteiger partial charge in [0.15, 0.2) is 11.6 Å². The van der Waals surface area contributed by atoms with Crippen molar-refractivity contribution in [2.24, 2.45) is 23.2 Å². The molecule has 12 heteroatoms. The van der Waals surface area contributed by atoms with E-state index in [1.54, 1.807) is 0 Å². The molecule has 1 rings (SSSR count). The average Bonchev–Trinajstić information content (AvgIpc) is 2.44. The largest absolute Gasteiger partial charge is 0.369 e. The van der Waals surface area contributed by atoms with Gasteiger partial charge in [0, 0.05) is 6.54 Å². The van der Waals surface area contributed by atoms with Gasteiger partial charge in [-0.2, -0.15) is 15.0 Å². The van der Waals surface area contributed by atoms with Crippen molar-refractivity contribution in [1.29, 1.82) is 0 Å². The number of rotatable bonds is 5. The normalized spacial score (nSPS) is 10.1. The number of primary amides is 2. The van der Waals surface area contributed by atoms with Crippen molar-refractivity contribution < 1.29 is 9.59 Å². The molecule has 0 aliphatic carbocycles. The van der Waals surface area contributed by atoms with Crippen LogP contribution in [0.15, 0.2) is 0 Å². The Morgan fingerprint density at radius 1 is 1.19 bits per heavy atom. The van der Waals surface area contributed by atoms with Gasteiger partial charge >= 0.3 is 12.1 Å². The van der Waals surface area contributed by atoms with Crippen LogP contribution in [0.4, 0.5) is 27.2 Å². The highest BCUT2D eigenvalue weighted by molar-refractivity contribution is 6.35. The number of amides is 4. The average molecular weight is 318 g/mol. The summed E-state index contributed by atoms with van der Waals surface area (Å²) in [6.45, 7) is 2.44. The van der Waals surface area contributed by atoms with Crippen LogP contribution in [0.5, 0.6) is 0 Å². The van der Waals surface area contributed by atoms with Gasteiger partial charge in [-0.1, -0.05) is 18.5 Å². The molecule has 0 atom stereocenters. The van der Waals surface area contributed by atoms with Crippen LogP contribution >= 0.6 is 11.6 Å². The molecule has 0 aliphatic heterocycles. The molecule has 21 heavy (non-hydrogen) atoms. The van der Waals surface area contributed by atoms with Crippen molar-refractivity contribution in [2.45, 2.75) is 13.3 Å². The van der Waals surface area contributed by atoms with E-state index in [0.717, 1.165) is 6.42 Å². The topological polar surface area (TPSA) is 183 Å². The molecule has 11 nitrogen and oxygen atoms in total. The van der Waals surface area contributed by atoms with Crippen LogP contribution in [-0.2, 0) is 0 Å². The Morgan fingerprint density at radius 3 is 2.24 bits per heavy atom. The van der Waals surface area contributed by atoms with Gasteiger partial charge in [0.2, 0.25) is 0 Å². The number of carbonyl (C=O) groups excluding carboxylic acids is 2. The van der Waals surface area contributed by atoms with Gasteiger partial charge in [0.25, 0.3) is 5.95 Å². The molecule has 0 saturated carbocycles. The van der Waals surface area contributed by atoms with E-state index < -0.39 is 12.1 Å². The van der Waals surface area contributed by atoms with E-state index in [1.165, 1.54) is 0 Å². The molecule has 0 bridgehead atoms. The Balaban J connectivity index is 3.37. The molecule has 0 radical (unpaired) electrons. The summed E-state index contributed by atoms with van der Waals surface area (Å²) < 4.78 is 0. The number of hydrogen-bond donors (Lipinski definition) is 5. The van der Waals surface area contributed by atoms with Crippen LogP contribution in [0.3, 0.4) is 0 Å². The first-order valence-corrected chi connectivity index (χ1v) is 6.17. The Bertz CT molecular complexity index is 552. The second-order valence-electron chi connectivity index (χ2n) is 3.85. The third-order valence-electron chi connectivity index (χ3n) is 2.28. The molecule has 0 aliphatic rings. The molecule has 0 fully saturated rings. The van der Waals surface area contributed by atoms with E-state index in [4.69, 9.17) is 34.8 Å². The molecular weight excluding hydrogens is 302 g/mol. The highest BCUT2D eigenvalue weighted by atomic mass is 35.5. The predicted molar refractivity (Wildman–Crippen MR) is 78.3 cm³/mol. The summed E-state index contributed by atoms with van der Waals surface area (Å²) >= 11 is 6.05. The number of nitrogens with zero attached hydrogens (tertiary/aromatic N) is 4. The summed E-state index contributed by atoms with van der Waals surface area (Å²) in [4.78, 5) is 30.0. The molecule has 0 spiro atoms. The number of urea groups is 2. The van der Waals surface area contributed by atoms with Crippen molar-refractivity contribution in [3.63, 3.8) is 0 Å². The number of nitrogens with one attached hydrogen (secondary N) is 1. The number of anilines is 3. The number of nitrogens with two attached hydrogens (primary N) is 4. The molecule has 116 valence electrons. The summed E-state index contributed by atoms with van der Waals surface area (Å²) in [5.74, 6) is 10.5. The van der Waals surface area contributed by atoms with E-state index in [0.29, 0.717) is 16.6 Å². The standard InChI is InChI=1S/C9H16ClN9O2/c1-2-3-15-5-4(10)6(18(13)7(11)20)17-9(16-5)19(14)8(12)21/h2-3,13-14H2,1H3,(H2,11,20)(H2,12,21)(H,15,16,17). The number of hydrazine groups is 2. The second-order valence-corrected chi connectivity index (χ2v) is 4.23. The monoisotopic (exact) mass is 317 g/mol. The van der Waals surface area contributed by atoms with Crippen LogP contribution in [-0.4, -0.2) is 28.6 Å². The summed E-state index contributed by atoms with van der Waals surface area (Å²) in [5, 5.41) is 3.81. The molecule has 9 N–H and O–H groups in total. The summed E-state index contributed by atoms with van der Waals surface area (Å²) in [5.41, 5.74) is 10.1. The third-order valence-corrected chi connectivity index (χ3v) is 2.63. The highest BCUT2D eigenvalue weighted by Crippen LogP contribution is 2.30. The number of halogens is 1. The summed E-state index contributed by atoms with van der Waals surface area (Å²) in [6.07, 6.45) is 0.773. The Hall–Kier alpha value is -2.37. The lowest BCUT2D eigenvalue weighted by atomic mass is 10.4. The molecule has 0 unspecified atom stereocenters. The molecule has 0 aromatic carbocycles. The minimum Gasteiger partial charge on any atom is -0.369 e. The zero-order valence-electron chi connectivity index (χ0n) is 11.2. The van der Waals surface area contributed by atoms with E-state index in [9.17, 15) is 9.59 Å². The maximum atomic E-state index is 11.1. The van der Waals surface area contributed by atoms with Gasteiger partial charge in [0.1, 0.15) is 5.02 Å². The van der Waals surface area contributed by atoms with Gasteiger partial charge in [-0.15, -0.1) is 0 Å². The van der Waals surface area contributed by atoms with Gasteiger partial charge in [-0.05, 0) is 6.42 Å². The molecule has 4 amide bonds. The van der Waals surface area contributed by atoms with E-state index in [2.05, 4.69) is 15.3 Å². The first kappa shape index (κ1) is 16.7. The van der Waals surface area contributed by atoms with E-state index >= 15 is 0 Å². The maximum Gasteiger partial charge on any atom is 0.336 e. The van der Waals surface area contributed by atoms with Gasteiger partial charge < -0.3 is 16.8 Å². The van der Waals surface area contributed by atoms with E-state index in [-0.39, 0.29) is 22.6 Å². The van der Waals surface area contributed by atoms with Gasteiger partial charge in [-0.3, -0.25) is 0 Å². The van der Waals surface area contributed by atoms with Crippen molar-refractivity contribution in [3.05, 3.63) is 5.02 Å². The van der Waals surface area contributed by atoms with Crippen LogP contribution in [0.2, 0.25) is 5.02 Å². The van der Waals surface area contributed by atoms with Crippen molar-refractivity contribution in [1.82, 2.24) is 9.97 Å². The first-order valence-electron chi connectivity index (χ1n) is 5.79. The van der Waals surface area contributed by atoms with Gasteiger partial charge in [-0.25, -0.2) is 26.3 Å². The molecule has 1 heterocycles. The van der Waals surface area contributed by atoms with Crippen LogP contribution in [0.25, 0.3) is 0 Å². The summed E-state index contributed by atoms with van der Waals surface area (Å²) in [6, 6.07) is -2.02.